The van der Waals surface area contributed by atoms with Crippen molar-refractivity contribution in [1.29, 1.82) is 0 Å². The Balaban J connectivity index is 1.56. The highest BCUT2D eigenvalue weighted by Crippen LogP contribution is 2.41. The largest absolute Gasteiger partial charge is 0.450 e. The van der Waals surface area contributed by atoms with Gasteiger partial charge < -0.3 is 19.9 Å². The fourth-order valence-corrected chi connectivity index (χ4v) is 3.34. The van der Waals surface area contributed by atoms with Crippen LogP contribution < -0.4 is 5.32 Å². The molecule has 2 fully saturated rings. The van der Waals surface area contributed by atoms with E-state index in [-0.39, 0.29) is 23.9 Å². The maximum atomic E-state index is 14.0. The molecule has 1 aromatic carbocycles. The van der Waals surface area contributed by atoms with Gasteiger partial charge in [0.2, 0.25) is 0 Å². The van der Waals surface area contributed by atoms with Crippen molar-refractivity contribution >= 4 is 12.1 Å². The number of nitrogens with one attached hydrogen (secondary N) is 1. The van der Waals surface area contributed by atoms with Gasteiger partial charge in [-0.15, -0.1) is 0 Å². The monoisotopic (exact) mass is 362 g/mol. The van der Waals surface area contributed by atoms with Crippen LogP contribution in [0.25, 0.3) is 0 Å². The first-order chi connectivity index (χ1) is 12.6. The van der Waals surface area contributed by atoms with Crippen LogP contribution in [0.4, 0.5) is 9.18 Å². The lowest BCUT2D eigenvalue weighted by molar-refractivity contribution is 0.0914. The van der Waals surface area contributed by atoms with Crippen molar-refractivity contribution < 1.29 is 13.9 Å². The summed E-state index contributed by atoms with van der Waals surface area (Å²) in [5, 5.41) is 3.48. The molecule has 0 spiro atoms. The molecule has 0 bridgehead atoms. The van der Waals surface area contributed by atoms with Crippen molar-refractivity contribution in [2.75, 3.05) is 39.3 Å². The summed E-state index contributed by atoms with van der Waals surface area (Å²) in [6.45, 7) is 7.53. The lowest BCUT2D eigenvalue weighted by atomic mass is 10.1. The summed E-state index contributed by atoms with van der Waals surface area (Å²) in [5.74, 6) is 0.901. The van der Waals surface area contributed by atoms with Crippen molar-refractivity contribution in [2.24, 2.45) is 4.99 Å². The van der Waals surface area contributed by atoms with E-state index in [1.807, 2.05) is 26.0 Å². The number of carbonyl (C=O) groups excluding carboxylic acids is 1. The number of piperazine rings is 1. The number of ether oxygens (including phenoxy) is 1. The number of nitrogens with zero attached hydrogens (tertiary/aromatic N) is 3. The second-order valence-corrected chi connectivity index (χ2v) is 6.59. The summed E-state index contributed by atoms with van der Waals surface area (Å²) in [6.07, 6.45) is 0.655. The Hall–Kier alpha value is -2.31. The second-order valence-electron chi connectivity index (χ2n) is 6.59. The predicted octanol–water partition coefficient (Wildman–Crippen LogP) is 2.42. The lowest BCUT2D eigenvalue weighted by Crippen LogP contribution is -2.54. The van der Waals surface area contributed by atoms with Gasteiger partial charge in [0.05, 0.1) is 6.61 Å². The Kier molecular flexibility index (Phi) is 5.96. The maximum Gasteiger partial charge on any atom is 0.409 e. The Bertz CT molecular complexity index is 659. The standard InChI is InChI=1S/C19H27FN4O2/c1-3-21-18(23-9-11-24(12-10-23)19(25)26-4-2)22-17-13-15(17)14-7-5-6-8-16(14)20/h5-8,15,17H,3-4,9-13H2,1-2H3,(H,21,22). The van der Waals surface area contributed by atoms with Crippen LogP contribution in [-0.4, -0.2) is 67.2 Å². The summed E-state index contributed by atoms with van der Waals surface area (Å²) < 4.78 is 19.0. The maximum absolute atomic E-state index is 14.0. The average molecular weight is 362 g/mol. The number of aliphatic imine (C=N–C) groups is 1. The van der Waals surface area contributed by atoms with Crippen LogP contribution in [0.15, 0.2) is 29.3 Å². The van der Waals surface area contributed by atoms with Crippen LogP contribution in [0, 0.1) is 5.82 Å². The summed E-state index contributed by atoms with van der Waals surface area (Å²) in [7, 11) is 0. The molecule has 6 nitrogen and oxygen atoms in total. The number of carbonyl (C=O) groups is 1. The molecule has 26 heavy (non-hydrogen) atoms. The zero-order chi connectivity index (χ0) is 18.5. The Morgan fingerprint density at radius 1 is 1.23 bits per heavy atom. The normalized spacial score (nSPS) is 23.0. The average Bonchev–Trinajstić information content (AvgIpc) is 3.41. The zero-order valence-corrected chi connectivity index (χ0v) is 15.4. The smallest absolute Gasteiger partial charge is 0.409 e. The van der Waals surface area contributed by atoms with Crippen LogP contribution in [0.1, 0.15) is 31.7 Å². The first-order valence-corrected chi connectivity index (χ1v) is 9.36. The molecule has 1 aromatic rings. The molecular formula is C19H27FN4O2. The highest BCUT2D eigenvalue weighted by Gasteiger charge is 2.41. The van der Waals surface area contributed by atoms with E-state index >= 15 is 0 Å². The molecule has 1 aliphatic heterocycles. The van der Waals surface area contributed by atoms with E-state index < -0.39 is 0 Å². The molecule has 142 valence electrons. The molecule has 3 rings (SSSR count). The fraction of sp³-hybridized carbons (Fsp3) is 0.579. The Morgan fingerprint density at radius 2 is 1.92 bits per heavy atom. The third kappa shape index (κ3) is 4.26. The van der Waals surface area contributed by atoms with E-state index in [2.05, 4.69) is 15.2 Å². The molecule has 1 saturated heterocycles. The van der Waals surface area contributed by atoms with Gasteiger partial charge in [-0.05, 0) is 31.9 Å². The van der Waals surface area contributed by atoms with Gasteiger partial charge in [0.15, 0.2) is 5.96 Å². The fourth-order valence-electron chi connectivity index (χ4n) is 3.34. The third-order valence-electron chi connectivity index (χ3n) is 4.82. The molecule has 0 radical (unpaired) electrons. The quantitative estimate of drug-likeness (QED) is 0.660. The number of guanidine groups is 1. The van der Waals surface area contributed by atoms with Gasteiger partial charge in [0.25, 0.3) is 0 Å². The number of halogens is 1. The molecule has 1 amide bonds. The predicted molar refractivity (Wildman–Crippen MR) is 98.8 cm³/mol. The van der Waals surface area contributed by atoms with Gasteiger partial charge in [-0.1, -0.05) is 18.2 Å². The van der Waals surface area contributed by atoms with E-state index in [1.165, 1.54) is 6.07 Å². The SMILES string of the molecule is CCN=C(NC1CC1c1ccccc1F)N1CCN(C(=O)OCC)CC1. The summed E-state index contributed by atoms with van der Waals surface area (Å²) in [5.41, 5.74) is 0.771. The van der Waals surface area contributed by atoms with Crippen molar-refractivity contribution in [3.05, 3.63) is 35.6 Å². The van der Waals surface area contributed by atoms with Crippen LogP contribution >= 0.6 is 0 Å². The van der Waals surface area contributed by atoms with Crippen molar-refractivity contribution in [1.82, 2.24) is 15.1 Å². The van der Waals surface area contributed by atoms with Crippen LogP contribution in [-0.2, 0) is 4.74 Å². The third-order valence-corrected chi connectivity index (χ3v) is 4.82. The topological polar surface area (TPSA) is 57.2 Å². The summed E-state index contributed by atoms with van der Waals surface area (Å²) in [4.78, 5) is 20.3. The number of amides is 1. The van der Waals surface area contributed by atoms with Crippen molar-refractivity contribution in [2.45, 2.75) is 32.2 Å². The van der Waals surface area contributed by atoms with Gasteiger partial charge in [-0.3, -0.25) is 4.99 Å². The van der Waals surface area contributed by atoms with Crippen molar-refractivity contribution in [3.8, 4) is 0 Å². The van der Waals surface area contributed by atoms with Crippen LogP contribution in [0.5, 0.6) is 0 Å². The molecule has 2 unspecified atom stereocenters. The number of hydrogen-bond donors (Lipinski definition) is 1. The minimum Gasteiger partial charge on any atom is -0.450 e. The lowest BCUT2D eigenvalue weighted by Gasteiger charge is -2.36. The molecule has 2 atom stereocenters. The van der Waals surface area contributed by atoms with Gasteiger partial charge in [0.1, 0.15) is 5.82 Å². The van der Waals surface area contributed by atoms with Crippen LogP contribution in [0.2, 0.25) is 0 Å². The minimum atomic E-state index is -0.254. The van der Waals surface area contributed by atoms with E-state index in [0.717, 1.165) is 17.9 Å². The number of benzene rings is 1. The van der Waals surface area contributed by atoms with E-state index in [9.17, 15) is 9.18 Å². The molecular weight excluding hydrogens is 335 g/mol. The zero-order valence-electron chi connectivity index (χ0n) is 15.4. The molecule has 0 aromatic heterocycles. The Morgan fingerprint density at radius 3 is 2.58 bits per heavy atom. The minimum absolute atomic E-state index is 0.140. The molecule has 2 aliphatic rings. The van der Waals surface area contributed by atoms with Crippen molar-refractivity contribution in [3.63, 3.8) is 0 Å². The first kappa shape index (κ1) is 18.5. The van der Waals surface area contributed by atoms with E-state index in [4.69, 9.17) is 4.74 Å². The molecule has 7 heteroatoms. The molecule has 1 aliphatic carbocycles. The van der Waals surface area contributed by atoms with Crippen LogP contribution in [0.3, 0.4) is 0 Å². The second kappa shape index (κ2) is 8.38. The molecule has 1 N–H and O–H groups in total. The molecule has 1 heterocycles. The van der Waals surface area contributed by atoms with E-state index in [1.54, 1.807) is 11.0 Å². The van der Waals surface area contributed by atoms with Gasteiger partial charge in [-0.25, -0.2) is 9.18 Å². The highest BCUT2D eigenvalue weighted by molar-refractivity contribution is 5.81. The summed E-state index contributed by atoms with van der Waals surface area (Å²) in [6, 6.07) is 7.18. The Labute approximate surface area is 154 Å². The van der Waals surface area contributed by atoms with Gasteiger partial charge in [0, 0.05) is 44.7 Å². The van der Waals surface area contributed by atoms with E-state index in [0.29, 0.717) is 39.3 Å². The number of hydrogen-bond acceptors (Lipinski definition) is 3. The van der Waals surface area contributed by atoms with Gasteiger partial charge in [-0.2, -0.15) is 0 Å². The number of rotatable bonds is 4. The highest BCUT2D eigenvalue weighted by atomic mass is 19.1. The van der Waals surface area contributed by atoms with Gasteiger partial charge >= 0.3 is 6.09 Å². The molecule has 1 saturated carbocycles. The summed E-state index contributed by atoms with van der Waals surface area (Å²) >= 11 is 0. The first-order valence-electron chi connectivity index (χ1n) is 9.36.